The molecule has 1 aliphatic heterocycles. The van der Waals surface area contributed by atoms with E-state index in [1.54, 1.807) is 36.4 Å². The smallest absolute Gasteiger partial charge is 0.187 e. The Morgan fingerprint density at radius 1 is 1.09 bits per heavy atom. The summed E-state index contributed by atoms with van der Waals surface area (Å²) < 4.78 is 51.5. The second kappa shape index (κ2) is 5.27. The molecule has 0 radical (unpaired) electrons. The fraction of sp³-hybridized carbons (Fsp3) is 0.200. The quantitative estimate of drug-likeness (QED) is 0.895. The van der Waals surface area contributed by atoms with Crippen LogP contribution in [0, 0.1) is 0 Å². The van der Waals surface area contributed by atoms with Gasteiger partial charge in [-0.05, 0) is 24.3 Å². The summed E-state index contributed by atoms with van der Waals surface area (Å²) in [6.45, 7) is 0. The lowest BCUT2D eigenvalue weighted by atomic mass is 10.1. The van der Waals surface area contributed by atoms with E-state index in [9.17, 15) is 17.5 Å². The van der Waals surface area contributed by atoms with Crippen LogP contribution in [0.5, 0.6) is 5.75 Å². The van der Waals surface area contributed by atoms with Gasteiger partial charge in [-0.15, -0.1) is 0 Å². The third-order valence-corrected chi connectivity index (χ3v) is 7.90. The summed E-state index contributed by atoms with van der Waals surface area (Å²) in [5.41, 5.74) is 0.355. The van der Waals surface area contributed by atoms with Gasteiger partial charge in [0.15, 0.2) is 9.84 Å². The van der Waals surface area contributed by atoms with Gasteiger partial charge in [-0.2, -0.15) is 10.6 Å². The molecule has 2 aromatic carbocycles. The molecule has 0 fully saturated rings. The van der Waals surface area contributed by atoms with Crippen LogP contribution < -0.4 is 4.74 Å². The minimum absolute atomic E-state index is 0.161. The Morgan fingerprint density at radius 3 is 2.41 bits per heavy atom. The topological polar surface area (TPSA) is 83.8 Å². The Bertz CT molecular complexity index is 800. The van der Waals surface area contributed by atoms with Crippen molar-refractivity contribution in [3.63, 3.8) is 0 Å². The fourth-order valence-electron chi connectivity index (χ4n) is 2.71. The first kappa shape index (κ1) is 15.4. The van der Waals surface area contributed by atoms with Crippen LogP contribution in [-0.2, 0) is 9.84 Å². The predicted molar refractivity (Wildman–Crippen MR) is 85.3 cm³/mol. The van der Waals surface area contributed by atoms with E-state index in [2.05, 4.69) is 0 Å². The molecule has 118 valence electrons. The molecule has 1 unspecified atom stereocenters. The summed E-state index contributed by atoms with van der Waals surface area (Å²) in [7, 11) is -5.44. The molecule has 22 heavy (non-hydrogen) atoms. The molecule has 0 saturated heterocycles. The van der Waals surface area contributed by atoms with Gasteiger partial charge < -0.3 is 4.74 Å². The first-order chi connectivity index (χ1) is 10.4. The number of hydrogen-bond donors (Lipinski definition) is 2. The molecular formula is C15H16O5S2. The molecular weight excluding hydrogens is 324 g/mol. The second-order valence-electron chi connectivity index (χ2n) is 5.05. The van der Waals surface area contributed by atoms with Gasteiger partial charge in [0.05, 0.1) is 22.7 Å². The first-order valence-corrected chi connectivity index (χ1v) is 9.86. The normalized spacial score (nSPS) is 21.1. The zero-order valence-electron chi connectivity index (χ0n) is 11.8. The summed E-state index contributed by atoms with van der Waals surface area (Å²) in [4.78, 5) is 0.422. The second-order valence-corrected chi connectivity index (χ2v) is 9.29. The molecule has 0 spiro atoms. The van der Waals surface area contributed by atoms with Crippen LogP contribution in [0.25, 0.3) is 0 Å². The van der Waals surface area contributed by atoms with Gasteiger partial charge in [0, 0.05) is 5.56 Å². The number of fused-ring (bicyclic) bond motifs is 1. The average Bonchev–Trinajstić information content (AvgIpc) is 2.81. The van der Waals surface area contributed by atoms with E-state index in [-0.39, 0.29) is 15.5 Å². The minimum Gasteiger partial charge on any atom is -0.496 e. The first-order valence-electron chi connectivity index (χ1n) is 6.60. The molecule has 0 saturated carbocycles. The Labute approximate surface area is 130 Å². The molecule has 0 amide bonds. The molecule has 2 N–H and O–H groups in total. The van der Waals surface area contributed by atoms with E-state index in [1.807, 2.05) is 0 Å². The van der Waals surface area contributed by atoms with Crippen LogP contribution in [0.4, 0.5) is 0 Å². The SMILES string of the molecule is COc1cccc2c1C(S(=O)(=O)c1ccccc1)CS2(O)O. The van der Waals surface area contributed by atoms with Crippen LogP contribution in [0.3, 0.4) is 0 Å². The number of methoxy groups -OCH3 is 1. The van der Waals surface area contributed by atoms with Gasteiger partial charge in [0.25, 0.3) is 0 Å². The van der Waals surface area contributed by atoms with Crippen molar-refractivity contribution in [2.24, 2.45) is 0 Å². The maximum atomic E-state index is 12.9. The van der Waals surface area contributed by atoms with Crippen molar-refractivity contribution in [2.75, 3.05) is 12.9 Å². The standard InChI is InChI=1S/C15H16O5S2/c1-20-12-8-5-9-13-15(12)14(10-21(13,16)17)22(18,19)11-6-3-2-4-7-11/h2-9,14,16-17H,10H2,1H3. The highest BCUT2D eigenvalue weighted by Crippen LogP contribution is 2.63. The van der Waals surface area contributed by atoms with Gasteiger partial charge in [-0.1, -0.05) is 24.3 Å². The van der Waals surface area contributed by atoms with Crippen molar-refractivity contribution in [3.8, 4) is 5.75 Å². The van der Waals surface area contributed by atoms with Gasteiger partial charge in [-0.25, -0.2) is 8.42 Å². The third kappa shape index (κ3) is 2.30. The minimum atomic E-state index is -3.73. The molecule has 2 aromatic rings. The van der Waals surface area contributed by atoms with Gasteiger partial charge in [0.1, 0.15) is 11.0 Å². The van der Waals surface area contributed by atoms with Crippen molar-refractivity contribution in [1.82, 2.24) is 0 Å². The van der Waals surface area contributed by atoms with Crippen molar-refractivity contribution >= 4 is 20.4 Å². The highest BCUT2D eigenvalue weighted by atomic mass is 32.3. The molecule has 5 nitrogen and oxygen atoms in total. The highest BCUT2D eigenvalue weighted by molar-refractivity contribution is 8.25. The third-order valence-electron chi connectivity index (χ3n) is 3.75. The summed E-state index contributed by atoms with van der Waals surface area (Å²) in [6, 6.07) is 12.8. The summed E-state index contributed by atoms with van der Waals surface area (Å²) in [5.74, 6) is 0.124. The van der Waals surface area contributed by atoms with Gasteiger partial charge >= 0.3 is 0 Å². The summed E-state index contributed by atoms with van der Waals surface area (Å²) in [6.07, 6.45) is 0. The molecule has 0 aliphatic carbocycles. The highest BCUT2D eigenvalue weighted by Gasteiger charge is 2.44. The monoisotopic (exact) mass is 340 g/mol. The van der Waals surface area contributed by atoms with Gasteiger partial charge in [-0.3, -0.25) is 9.11 Å². The fourth-order valence-corrected chi connectivity index (χ4v) is 7.15. The van der Waals surface area contributed by atoms with Crippen molar-refractivity contribution in [2.45, 2.75) is 15.0 Å². The number of hydrogen-bond acceptors (Lipinski definition) is 5. The molecule has 7 heteroatoms. The lowest BCUT2D eigenvalue weighted by Crippen LogP contribution is -2.15. The van der Waals surface area contributed by atoms with E-state index in [0.29, 0.717) is 11.3 Å². The van der Waals surface area contributed by atoms with Crippen molar-refractivity contribution in [3.05, 3.63) is 54.1 Å². The molecule has 0 aromatic heterocycles. The van der Waals surface area contributed by atoms with Crippen LogP contribution in [0.15, 0.2) is 58.3 Å². The molecule has 1 atom stereocenters. The molecule has 3 rings (SSSR count). The van der Waals surface area contributed by atoms with Crippen LogP contribution >= 0.6 is 10.6 Å². The lowest BCUT2D eigenvalue weighted by molar-refractivity contribution is 0.408. The van der Waals surface area contributed by atoms with E-state index >= 15 is 0 Å². The predicted octanol–water partition coefficient (Wildman–Crippen LogP) is 3.33. The van der Waals surface area contributed by atoms with Crippen LogP contribution in [0.2, 0.25) is 0 Å². The van der Waals surface area contributed by atoms with Crippen LogP contribution in [0.1, 0.15) is 10.8 Å². The van der Waals surface area contributed by atoms with E-state index < -0.39 is 25.7 Å². The average molecular weight is 340 g/mol. The van der Waals surface area contributed by atoms with E-state index in [0.717, 1.165) is 0 Å². The molecule has 0 bridgehead atoms. The van der Waals surface area contributed by atoms with E-state index in [1.165, 1.54) is 19.2 Å². The Kier molecular flexibility index (Phi) is 3.68. The maximum absolute atomic E-state index is 12.9. The number of benzene rings is 2. The Balaban J connectivity index is 2.20. The molecule has 1 aliphatic rings. The Morgan fingerprint density at radius 2 is 1.77 bits per heavy atom. The van der Waals surface area contributed by atoms with Crippen molar-refractivity contribution < 1.29 is 22.3 Å². The summed E-state index contributed by atoms with van der Waals surface area (Å²) >= 11 is 0. The largest absolute Gasteiger partial charge is 0.496 e. The maximum Gasteiger partial charge on any atom is 0.187 e. The number of ether oxygens (including phenoxy) is 1. The molecule has 1 heterocycles. The van der Waals surface area contributed by atoms with Crippen LogP contribution in [-0.4, -0.2) is 30.4 Å². The number of rotatable bonds is 3. The summed E-state index contributed by atoms with van der Waals surface area (Å²) in [5, 5.41) is -1.02. The van der Waals surface area contributed by atoms with Crippen molar-refractivity contribution in [1.29, 1.82) is 0 Å². The number of sulfone groups is 1. The Hall–Kier alpha value is -1.54. The zero-order chi connectivity index (χ0) is 16.0. The van der Waals surface area contributed by atoms with E-state index in [4.69, 9.17) is 4.74 Å². The van der Waals surface area contributed by atoms with Gasteiger partial charge in [0.2, 0.25) is 0 Å². The lowest BCUT2D eigenvalue weighted by Gasteiger charge is -2.27. The zero-order valence-corrected chi connectivity index (χ0v) is 13.5.